The molecule has 0 bridgehead atoms. The van der Waals surface area contributed by atoms with Gasteiger partial charge in [-0.05, 0) is 123 Å². The van der Waals surface area contributed by atoms with Gasteiger partial charge in [0.25, 0.3) is 0 Å². The molecular weight excluding hydrogens is 560 g/mol. The van der Waals surface area contributed by atoms with Crippen LogP contribution in [0, 0.1) is 56.2 Å². The number of nitrogens with one attached hydrogen (secondary N) is 1. The Morgan fingerprint density at radius 3 is 2.24 bits per heavy atom. The van der Waals surface area contributed by atoms with Crippen LogP contribution in [0.15, 0.2) is 11.6 Å². The van der Waals surface area contributed by atoms with Crippen LogP contribution in [0.1, 0.15) is 127 Å². The van der Waals surface area contributed by atoms with Gasteiger partial charge in [0, 0.05) is 12.0 Å². The second kappa shape index (κ2) is 11.8. The molecule has 254 valence electrons. The zero-order chi connectivity index (χ0) is 33.2. The molecule has 0 heterocycles. The van der Waals surface area contributed by atoms with Gasteiger partial charge in [0.15, 0.2) is 5.78 Å². The number of esters is 1. The predicted octanol–water partition coefficient (Wildman–Crippen LogP) is 7.60. The molecule has 4 fully saturated rings. The first-order valence-corrected chi connectivity index (χ1v) is 18.3. The maximum atomic E-state index is 14.1. The van der Waals surface area contributed by atoms with E-state index in [4.69, 9.17) is 4.74 Å². The molecule has 5 rings (SSSR count). The number of Topliss-reactive ketones (excluding diaryl/α,β-unsaturated/α-hetero) is 1. The summed E-state index contributed by atoms with van der Waals surface area (Å²) in [4.78, 5) is 43.8. The minimum atomic E-state index is -0.590. The summed E-state index contributed by atoms with van der Waals surface area (Å²) in [5.41, 5.74) is 0.655. The van der Waals surface area contributed by atoms with Crippen molar-refractivity contribution < 1.29 is 19.1 Å². The Kier molecular flexibility index (Phi) is 9.06. The lowest BCUT2D eigenvalue weighted by molar-refractivity contribution is -0.196. The van der Waals surface area contributed by atoms with E-state index in [0.29, 0.717) is 18.9 Å². The molecule has 0 aliphatic heterocycles. The van der Waals surface area contributed by atoms with Gasteiger partial charge < -0.3 is 15.0 Å². The molecule has 5 aliphatic carbocycles. The van der Waals surface area contributed by atoms with Crippen LogP contribution in [-0.4, -0.2) is 55.8 Å². The lowest BCUT2D eigenvalue weighted by Crippen LogP contribution is -2.66. The molecule has 8 unspecified atom stereocenters. The summed E-state index contributed by atoms with van der Waals surface area (Å²) in [5, 5.41) is 3.19. The summed E-state index contributed by atoms with van der Waals surface area (Å²) < 4.78 is 5.54. The summed E-state index contributed by atoms with van der Waals surface area (Å²) in [6.07, 6.45) is 12.0. The number of carbonyl (C=O) groups excluding carboxylic acids is 3. The zero-order valence-corrected chi connectivity index (χ0v) is 30.4. The van der Waals surface area contributed by atoms with Crippen molar-refractivity contribution in [2.24, 2.45) is 56.2 Å². The Hall–Kier alpha value is -1.69. The first kappa shape index (κ1) is 34.6. The molecule has 8 atom stereocenters. The molecule has 0 aromatic rings. The summed E-state index contributed by atoms with van der Waals surface area (Å²) in [5.74, 6) is 0.327. The minimum absolute atomic E-state index is 0.00705. The van der Waals surface area contributed by atoms with Crippen molar-refractivity contribution >= 4 is 17.7 Å². The molecule has 6 nitrogen and oxygen atoms in total. The lowest BCUT2D eigenvalue weighted by atomic mass is 9.33. The number of methoxy groups -OCH3 is 1. The summed E-state index contributed by atoms with van der Waals surface area (Å²) >= 11 is 0. The van der Waals surface area contributed by atoms with Gasteiger partial charge in [-0.2, -0.15) is 0 Å². The molecular formula is C39H64N2O4. The summed E-state index contributed by atoms with van der Waals surface area (Å²) in [6, 6.07) is 0. The van der Waals surface area contributed by atoms with Gasteiger partial charge in [0.05, 0.1) is 18.4 Å². The quantitative estimate of drug-likeness (QED) is 0.130. The highest BCUT2D eigenvalue weighted by molar-refractivity contribution is 6.04. The predicted molar refractivity (Wildman–Crippen MR) is 180 cm³/mol. The molecule has 4 saturated carbocycles. The lowest BCUT2D eigenvalue weighted by Gasteiger charge is -2.71. The molecule has 0 saturated heterocycles. The largest absolute Gasteiger partial charge is 0.469 e. The van der Waals surface area contributed by atoms with Crippen LogP contribution in [0.25, 0.3) is 0 Å². The number of allylic oxidation sites excluding steroid dienone is 2. The molecule has 5 aliphatic rings. The van der Waals surface area contributed by atoms with Crippen molar-refractivity contribution in [2.45, 2.75) is 127 Å². The highest BCUT2D eigenvalue weighted by atomic mass is 16.5. The van der Waals surface area contributed by atoms with Gasteiger partial charge in [-0.3, -0.25) is 14.4 Å². The van der Waals surface area contributed by atoms with Gasteiger partial charge in [0.2, 0.25) is 5.91 Å². The Morgan fingerprint density at radius 1 is 0.933 bits per heavy atom. The molecule has 0 aromatic carbocycles. The number of amides is 1. The van der Waals surface area contributed by atoms with Crippen molar-refractivity contribution in [1.29, 1.82) is 0 Å². The SMILES string of the molecule is CCN(CC)CCCNC(=O)C1CC2(C)C(CCC3(C)C2CC=C2C4CC(C)(C)CCC4(C(=O)OC)CCC23C)C(C)(C)C1=O. The van der Waals surface area contributed by atoms with E-state index in [1.165, 1.54) is 5.57 Å². The number of ether oxygens (including phenoxy) is 1. The first-order valence-electron chi connectivity index (χ1n) is 18.3. The first-order chi connectivity index (χ1) is 21.0. The van der Waals surface area contributed by atoms with Crippen molar-refractivity contribution in [3.8, 4) is 0 Å². The number of nitrogens with zero attached hydrogens (tertiary/aromatic N) is 1. The Bertz CT molecular complexity index is 1220. The van der Waals surface area contributed by atoms with Gasteiger partial charge in [-0.1, -0.05) is 74.0 Å². The normalized spacial score (nSPS) is 41.6. The second-order valence-electron chi connectivity index (χ2n) is 17.9. The molecule has 0 radical (unpaired) electrons. The van der Waals surface area contributed by atoms with Crippen LogP contribution in [-0.2, 0) is 19.1 Å². The van der Waals surface area contributed by atoms with E-state index in [1.807, 2.05) is 0 Å². The van der Waals surface area contributed by atoms with Crippen LogP contribution in [0.2, 0.25) is 0 Å². The van der Waals surface area contributed by atoms with E-state index >= 15 is 0 Å². The van der Waals surface area contributed by atoms with E-state index in [-0.39, 0.29) is 51.2 Å². The van der Waals surface area contributed by atoms with Crippen LogP contribution in [0.4, 0.5) is 0 Å². The fourth-order valence-electron chi connectivity index (χ4n) is 12.2. The Morgan fingerprint density at radius 2 is 1.60 bits per heavy atom. The van der Waals surface area contributed by atoms with E-state index in [1.54, 1.807) is 7.11 Å². The van der Waals surface area contributed by atoms with Crippen LogP contribution < -0.4 is 5.32 Å². The monoisotopic (exact) mass is 624 g/mol. The maximum absolute atomic E-state index is 14.1. The van der Waals surface area contributed by atoms with Crippen molar-refractivity contribution in [2.75, 3.05) is 33.3 Å². The highest BCUT2D eigenvalue weighted by Crippen LogP contribution is 2.75. The summed E-state index contributed by atoms with van der Waals surface area (Å²) in [6.45, 7) is 24.4. The molecule has 0 aromatic heterocycles. The smallest absolute Gasteiger partial charge is 0.312 e. The molecule has 6 heteroatoms. The van der Waals surface area contributed by atoms with E-state index < -0.39 is 16.7 Å². The van der Waals surface area contributed by atoms with Gasteiger partial charge >= 0.3 is 5.97 Å². The number of ketones is 1. The fraction of sp³-hybridized carbons (Fsp3) is 0.872. The Balaban J connectivity index is 1.46. The van der Waals surface area contributed by atoms with Crippen LogP contribution >= 0.6 is 0 Å². The standard InChI is InChI=1S/C39H64N2O4/c1-11-41(12-2)23-13-22-40-32(43)26-24-36(7)29(35(5,6)31(26)42)16-17-38(9)30(36)15-14-27-28-25-34(3,4)18-20-39(28,33(44)45-10)21-19-37(27,38)8/h14,26,28-30H,11-13,15-25H2,1-10H3,(H,40,43). The molecule has 0 spiro atoms. The third-order valence-electron chi connectivity index (χ3n) is 15.1. The molecule has 45 heavy (non-hydrogen) atoms. The number of hydrogen-bond donors (Lipinski definition) is 1. The van der Waals surface area contributed by atoms with Crippen LogP contribution in [0.5, 0.6) is 0 Å². The van der Waals surface area contributed by atoms with Gasteiger partial charge in [0.1, 0.15) is 0 Å². The number of fused-ring (bicyclic) bond motifs is 7. The minimum Gasteiger partial charge on any atom is -0.469 e. The summed E-state index contributed by atoms with van der Waals surface area (Å²) in [7, 11) is 1.57. The average molecular weight is 625 g/mol. The number of rotatable bonds is 8. The van der Waals surface area contributed by atoms with Crippen molar-refractivity contribution in [1.82, 2.24) is 10.2 Å². The topological polar surface area (TPSA) is 75.7 Å². The fourth-order valence-corrected chi connectivity index (χ4v) is 12.2. The van der Waals surface area contributed by atoms with Crippen LogP contribution in [0.3, 0.4) is 0 Å². The third kappa shape index (κ3) is 5.17. The van der Waals surface area contributed by atoms with Crippen molar-refractivity contribution in [3.05, 3.63) is 11.6 Å². The van der Waals surface area contributed by atoms with Gasteiger partial charge in [-0.25, -0.2) is 0 Å². The van der Waals surface area contributed by atoms with Gasteiger partial charge in [-0.15, -0.1) is 0 Å². The number of hydrogen-bond acceptors (Lipinski definition) is 5. The highest BCUT2D eigenvalue weighted by Gasteiger charge is 2.70. The number of carbonyl (C=O) groups is 3. The van der Waals surface area contributed by atoms with E-state index in [0.717, 1.165) is 77.4 Å². The Labute approximate surface area is 274 Å². The average Bonchev–Trinajstić information content (AvgIpc) is 2.98. The molecule has 1 N–H and O–H groups in total. The zero-order valence-electron chi connectivity index (χ0n) is 30.4. The maximum Gasteiger partial charge on any atom is 0.312 e. The third-order valence-corrected chi connectivity index (χ3v) is 15.1. The molecule has 1 amide bonds. The van der Waals surface area contributed by atoms with E-state index in [9.17, 15) is 14.4 Å². The van der Waals surface area contributed by atoms with Crippen molar-refractivity contribution in [3.63, 3.8) is 0 Å². The second-order valence-corrected chi connectivity index (χ2v) is 17.9. The van der Waals surface area contributed by atoms with E-state index in [2.05, 4.69) is 78.6 Å².